The van der Waals surface area contributed by atoms with Gasteiger partial charge < -0.3 is 11.1 Å². The predicted octanol–water partition coefficient (Wildman–Crippen LogP) is 1.82. The topological polar surface area (TPSA) is 101 Å². The molecule has 0 fully saturated rings. The van der Waals surface area contributed by atoms with Crippen molar-refractivity contribution < 1.29 is 13.2 Å². The van der Waals surface area contributed by atoms with Crippen LogP contribution in [0, 0.1) is 13.8 Å². The number of carbonyl (C=O) groups is 1. The number of nitrogens with one attached hydrogen (secondary N) is 2. The second-order valence-electron chi connectivity index (χ2n) is 5.86. The summed E-state index contributed by atoms with van der Waals surface area (Å²) in [4.78, 5) is 11.9. The van der Waals surface area contributed by atoms with Gasteiger partial charge in [0.2, 0.25) is 15.9 Å². The molecule has 1 unspecified atom stereocenters. The Labute approximate surface area is 160 Å². The number of nitrogens with two attached hydrogens (primary N) is 1. The number of aryl methyl sites for hydroxylation is 2. The van der Waals surface area contributed by atoms with Gasteiger partial charge in [-0.05, 0) is 31.0 Å². The van der Waals surface area contributed by atoms with Gasteiger partial charge in [-0.3, -0.25) is 4.79 Å². The first-order valence-electron chi connectivity index (χ1n) is 7.95. The highest BCUT2D eigenvalue weighted by Gasteiger charge is 2.20. The summed E-state index contributed by atoms with van der Waals surface area (Å²) in [6.45, 7) is 3.54. The quantitative estimate of drug-likeness (QED) is 0.663. The van der Waals surface area contributed by atoms with E-state index in [1.54, 1.807) is 19.1 Å². The summed E-state index contributed by atoms with van der Waals surface area (Å²) in [6, 6.07) is 13.8. The molecule has 1 atom stereocenters. The van der Waals surface area contributed by atoms with Gasteiger partial charge in [-0.2, -0.15) is 0 Å². The van der Waals surface area contributed by atoms with Gasteiger partial charge in [0, 0.05) is 6.54 Å². The third kappa shape index (κ3) is 5.81. The van der Waals surface area contributed by atoms with Crippen LogP contribution in [-0.2, 0) is 14.8 Å². The highest BCUT2D eigenvalue weighted by atomic mass is 35.5. The highest BCUT2D eigenvalue weighted by Crippen LogP contribution is 2.18. The molecule has 1 amide bonds. The Morgan fingerprint density at radius 3 is 2.35 bits per heavy atom. The number of hydrogen-bond donors (Lipinski definition) is 3. The fourth-order valence-electron chi connectivity index (χ4n) is 2.56. The van der Waals surface area contributed by atoms with Crippen LogP contribution in [0.4, 0.5) is 0 Å². The molecule has 0 heterocycles. The van der Waals surface area contributed by atoms with Gasteiger partial charge in [0.1, 0.15) is 0 Å². The van der Waals surface area contributed by atoms with Gasteiger partial charge in [-0.15, -0.1) is 12.4 Å². The summed E-state index contributed by atoms with van der Waals surface area (Å²) in [5.74, 6) is -0.348. The van der Waals surface area contributed by atoms with Crippen molar-refractivity contribution in [3.63, 3.8) is 0 Å². The van der Waals surface area contributed by atoms with E-state index in [9.17, 15) is 13.2 Å². The molecular formula is C18H24ClN3O3S. The molecule has 8 heteroatoms. The number of carbonyl (C=O) groups excluding carboxylic acids is 1. The van der Waals surface area contributed by atoms with Crippen LogP contribution in [0.3, 0.4) is 0 Å². The Morgan fingerprint density at radius 1 is 1.12 bits per heavy atom. The zero-order chi connectivity index (χ0) is 18.4. The smallest absolute Gasteiger partial charge is 0.240 e. The Hall–Kier alpha value is -1.93. The first kappa shape index (κ1) is 22.1. The van der Waals surface area contributed by atoms with E-state index in [1.165, 1.54) is 0 Å². The van der Waals surface area contributed by atoms with E-state index in [2.05, 4.69) is 10.0 Å². The van der Waals surface area contributed by atoms with Crippen molar-refractivity contribution in [2.75, 3.05) is 13.1 Å². The fourth-order valence-corrected chi connectivity index (χ4v) is 3.83. The summed E-state index contributed by atoms with van der Waals surface area (Å²) >= 11 is 0. The van der Waals surface area contributed by atoms with Crippen LogP contribution in [0.1, 0.15) is 22.7 Å². The Kier molecular flexibility index (Phi) is 8.23. The summed E-state index contributed by atoms with van der Waals surface area (Å²) in [6.07, 6.45) is 0. The molecule has 0 bridgehead atoms. The van der Waals surface area contributed by atoms with Crippen molar-refractivity contribution in [2.45, 2.75) is 24.8 Å². The molecule has 2 rings (SSSR count). The van der Waals surface area contributed by atoms with Crippen LogP contribution in [0.2, 0.25) is 0 Å². The maximum Gasteiger partial charge on any atom is 0.240 e. The summed E-state index contributed by atoms with van der Waals surface area (Å²) in [5, 5.41) is 2.74. The molecule has 2 aromatic rings. The van der Waals surface area contributed by atoms with Crippen LogP contribution in [0.5, 0.6) is 0 Å². The van der Waals surface area contributed by atoms with Crippen LogP contribution in [0.25, 0.3) is 0 Å². The Balaban J connectivity index is 0.00000338. The van der Waals surface area contributed by atoms with E-state index in [4.69, 9.17) is 5.73 Å². The molecule has 0 radical (unpaired) electrons. The summed E-state index contributed by atoms with van der Waals surface area (Å²) in [7, 11) is -3.69. The summed E-state index contributed by atoms with van der Waals surface area (Å²) < 4.78 is 27.8. The minimum Gasteiger partial charge on any atom is -0.347 e. The SMILES string of the molecule is Cc1ccc(S(=O)(=O)NCC(NC(=O)CN)c2ccccc2)c(C)c1.Cl. The van der Waals surface area contributed by atoms with Crippen LogP contribution in [0.15, 0.2) is 53.4 Å². The van der Waals surface area contributed by atoms with E-state index < -0.39 is 16.1 Å². The largest absolute Gasteiger partial charge is 0.347 e. The first-order valence-corrected chi connectivity index (χ1v) is 9.43. The van der Waals surface area contributed by atoms with E-state index >= 15 is 0 Å². The lowest BCUT2D eigenvalue weighted by molar-refractivity contribution is -0.120. The number of halogens is 1. The molecule has 0 saturated carbocycles. The number of benzene rings is 2. The molecule has 0 saturated heterocycles. The maximum atomic E-state index is 12.6. The maximum absolute atomic E-state index is 12.6. The lowest BCUT2D eigenvalue weighted by Gasteiger charge is -2.20. The molecule has 0 spiro atoms. The van der Waals surface area contributed by atoms with Gasteiger partial charge in [0.05, 0.1) is 17.5 Å². The van der Waals surface area contributed by atoms with Gasteiger partial charge in [0.15, 0.2) is 0 Å². The molecule has 0 aromatic heterocycles. The van der Waals surface area contributed by atoms with Crippen molar-refractivity contribution in [3.05, 3.63) is 65.2 Å². The van der Waals surface area contributed by atoms with Gasteiger partial charge >= 0.3 is 0 Å². The van der Waals surface area contributed by atoms with E-state index in [-0.39, 0.29) is 36.3 Å². The van der Waals surface area contributed by atoms with E-state index in [0.29, 0.717) is 5.56 Å². The predicted molar refractivity (Wildman–Crippen MR) is 105 cm³/mol. The zero-order valence-corrected chi connectivity index (χ0v) is 16.4. The molecule has 142 valence electrons. The van der Waals surface area contributed by atoms with Crippen LogP contribution >= 0.6 is 12.4 Å². The van der Waals surface area contributed by atoms with Crippen molar-refractivity contribution in [3.8, 4) is 0 Å². The normalized spacial score (nSPS) is 12.1. The molecule has 6 nitrogen and oxygen atoms in total. The van der Waals surface area contributed by atoms with E-state index in [0.717, 1.165) is 11.1 Å². The number of hydrogen-bond acceptors (Lipinski definition) is 4. The van der Waals surface area contributed by atoms with Gasteiger partial charge in [0.25, 0.3) is 0 Å². The third-order valence-electron chi connectivity index (χ3n) is 3.82. The van der Waals surface area contributed by atoms with Crippen LogP contribution in [-0.4, -0.2) is 27.4 Å². The lowest BCUT2D eigenvalue weighted by atomic mass is 10.1. The van der Waals surface area contributed by atoms with Crippen molar-refractivity contribution in [1.29, 1.82) is 0 Å². The highest BCUT2D eigenvalue weighted by molar-refractivity contribution is 7.89. The molecule has 0 aliphatic heterocycles. The fraction of sp³-hybridized carbons (Fsp3) is 0.278. The second kappa shape index (κ2) is 9.68. The van der Waals surface area contributed by atoms with Crippen molar-refractivity contribution in [2.24, 2.45) is 5.73 Å². The van der Waals surface area contributed by atoms with Gasteiger partial charge in [-0.1, -0.05) is 48.0 Å². The first-order chi connectivity index (χ1) is 11.8. The number of amides is 1. The van der Waals surface area contributed by atoms with Crippen LogP contribution < -0.4 is 15.8 Å². The minimum atomic E-state index is -3.69. The molecule has 4 N–H and O–H groups in total. The second-order valence-corrected chi connectivity index (χ2v) is 7.59. The molecular weight excluding hydrogens is 374 g/mol. The van der Waals surface area contributed by atoms with E-state index in [1.807, 2.05) is 43.3 Å². The Bertz CT molecular complexity index is 842. The monoisotopic (exact) mass is 397 g/mol. The molecule has 26 heavy (non-hydrogen) atoms. The molecule has 0 aliphatic carbocycles. The minimum absolute atomic E-state index is 0. The number of sulfonamides is 1. The standard InChI is InChI=1S/C18H23N3O3S.ClH/c1-13-8-9-17(14(2)10-13)25(23,24)20-12-16(21-18(22)11-19)15-6-4-3-5-7-15;/h3-10,16,20H,11-12,19H2,1-2H3,(H,21,22);1H. The summed E-state index contributed by atoms with van der Waals surface area (Å²) in [5.41, 5.74) is 7.82. The number of rotatable bonds is 7. The zero-order valence-electron chi connectivity index (χ0n) is 14.7. The van der Waals surface area contributed by atoms with Crippen molar-refractivity contribution >= 4 is 28.3 Å². The molecule has 0 aliphatic rings. The van der Waals surface area contributed by atoms with Gasteiger partial charge in [-0.25, -0.2) is 13.1 Å². The average Bonchev–Trinajstić information content (AvgIpc) is 2.58. The third-order valence-corrected chi connectivity index (χ3v) is 5.40. The lowest BCUT2D eigenvalue weighted by Crippen LogP contribution is -2.40. The average molecular weight is 398 g/mol. The molecule has 2 aromatic carbocycles. The Morgan fingerprint density at radius 2 is 1.77 bits per heavy atom. The van der Waals surface area contributed by atoms with Crippen molar-refractivity contribution in [1.82, 2.24) is 10.0 Å².